The highest BCUT2D eigenvalue weighted by Gasteiger charge is 2.13. The highest BCUT2D eigenvalue weighted by molar-refractivity contribution is 6.33. The lowest BCUT2D eigenvalue weighted by molar-refractivity contribution is 0.354. The van der Waals surface area contributed by atoms with Gasteiger partial charge in [0.05, 0.1) is 19.2 Å². The molecule has 1 N–H and O–H groups in total. The molecule has 1 rings (SSSR count). The SMILES string of the molecule is COc1ccc(CNC(C)CCCC(C)C)c(Cl)c1OC. The van der Waals surface area contributed by atoms with E-state index < -0.39 is 0 Å². The first-order valence-corrected chi connectivity index (χ1v) is 8.00. The van der Waals surface area contributed by atoms with Gasteiger partial charge in [0.25, 0.3) is 0 Å². The van der Waals surface area contributed by atoms with Crippen LogP contribution in [-0.2, 0) is 6.54 Å². The van der Waals surface area contributed by atoms with Gasteiger partial charge in [-0.25, -0.2) is 0 Å². The maximum Gasteiger partial charge on any atom is 0.179 e. The first kappa shape index (κ1) is 18.1. The summed E-state index contributed by atoms with van der Waals surface area (Å²) in [6.07, 6.45) is 3.72. The molecule has 1 unspecified atom stereocenters. The van der Waals surface area contributed by atoms with Gasteiger partial charge in [-0.15, -0.1) is 0 Å². The van der Waals surface area contributed by atoms with Crippen molar-refractivity contribution in [3.63, 3.8) is 0 Å². The molecule has 4 heteroatoms. The number of hydrogen-bond acceptors (Lipinski definition) is 3. The zero-order valence-electron chi connectivity index (χ0n) is 13.8. The van der Waals surface area contributed by atoms with Crippen LogP contribution < -0.4 is 14.8 Å². The van der Waals surface area contributed by atoms with Crippen molar-refractivity contribution in [2.75, 3.05) is 14.2 Å². The Bertz CT molecular complexity index is 435. The first-order valence-electron chi connectivity index (χ1n) is 7.62. The number of methoxy groups -OCH3 is 2. The number of halogens is 1. The van der Waals surface area contributed by atoms with Crippen molar-refractivity contribution in [2.24, 2.45) is 5.92 Å². The highest BCUT2D eigenvalue weighted by Crippen LogP contribution is 2.37. The van der Waals surface area contributed by atoms with Gasteiger partial charge in [-0.2, -0.15) is 0 Å². The second-order valence-electron chi connectivity index (χ2n) is 5.88. The fourth-order valence-electron chi connectivity index (χ4n) is 2.29. The molecule has 0 fully saturated rings. The van der Waals surface area contributed by atoms with Crippen molar-refractivity contribution in [3.8, 4) is 11.5 Å². The number of ether oxygens (including phenoxy) is 2. The number of benzene rings is 1. The lowest BCUT2D eigenvalue weighted by Crippen LogP contribution is -2.25. The average molecular weight is 314 g/mol. The van der Waals surface area contributed by atoms with E-state index in [4.69, 9.17) is 21.1 Å². The molecule has 0 saturated heterocycles. The third kappa shape index (κ3) is 5.76. The number of hydrogen-bond donors (Lipinski definition) is 1. The summed E-state index contributed by atoms with van der Waals surface area (Å²) in [5.41, 5.74) is 1.03. The van der Waals surface area contributed by atoms with Crippen LogP contribution in [0.5, 0.6) is 11.5 Å². The number of nitrogens with one attached hydrogen (secondary N) is 1. The van der Waals surface area contributed by atoms with Crippen LogP contribution in [0.25, 0.3) is 0 Å². The molecule has 0 aromatic heterocycles. The van der Waals surface area contributed by atoms with Crippen molar-refractivity contribution in [2.45, 2.75) is 52.6 Å². The van der Waals surface area contributed by atoms with Gasteiger partial charge in [-0.05, 0) is 30.9 Å². The smallest absolute Gasteiger partial charge is 0.179 e. The predicted octanol–water partition coefficient (Wildman–Crippen LogP) is 4.66. The van der Waals surface area contributed by atoms with Gasteiger partial charge in [-0.3, -0.25) is 0 Å². The van der Waals surface area contributed by atoms with Gasteiger partial charge in [0.15, 0.2) is 11.5 Å². The average Bonchev–Trinajstić information content (AvgIpc) is 2.45. The molecule has 1 aromatic rings. The summed E-state index contributed by atoms with van der Waals surface area (Å²) >= 11 is 6.38. The van der Waals surface area contributed by atoms with Crippen LogP contribution in [0.4, 0.5) is 0 Å². The van der Waals surface area contributed by atoms with Crippen molar-refractivity contribution >= 4 is 11.6 Å². The molecule has 3 nitrogen and oxygen atoms in total. The van der Waals surface area contributed by atoms with Gasteiger partial charge < -0.3 is 14.8 Å². The fourth-order valence-corrected chi connectivity index (χ4v) is 2.59. The monoisotopic (exact) mass is 313 g/mol. The summed E-state index contributed by atoms with van der Waals surface area (Å²) in [6.45, 7) is 7.49. The number of rotatable bonds is 9. The third-order valence-corrected chi connectivity index (χ3v) is 4.04. The summed E-state index contributed by atoms with van der Waals surface area (Å²) in [5, 5.41) is 4.15. The van der Waals surface area contributed by atoms with Crippen LogP contribution in [0.15, 0.2) is 12.1 Å². The molecular weight excluding hydrogens is 286 g/mol. The van der Waals surface area contributed by atoms with Gasteiger partial charge in [0.1, 0.15) is 0 Å². The van der Waals surface area contributed by atoms with Crippen LogP contribution >= 0.6 is 11.6 Å². The van der Waals surface area contributed by atoms with E-state index in [-0.39, 0.29) is 0 Å². The van der Waals surface area contributed by atoms with Crippen molar-refractivity contribution in [1.82, 2.24) is 5.32 Å². The summed E-state index contributed by atoms with van der Waals surface area (Å²) < 4.78 is 10.6. The Morgan fingerprint density at radius 2 is 1.81 bits per heavy atom. The molecule has 1 aromatic carbocycles. The van der Waals surface area contributed by atoms with E-state index in [2.05, 4.69) is 26.1 Å². The molecule has 0 saturated carbocycles. The molecule has 0 aliphatic carbocycles. The molecule has 0 aliphatic heterocycles. The zero-order chi connectivity index (χ0) is 15.8. The molecule has 0 bridgehead atoms. The molecule has 1 atom stereocenters. The highest BCUT2D eigenvalue weighted by atomic mass is 35.5. The molecule has 0 aliphatic rings. The Hall–Kier alpha value is -0.930. The van der Waals surface area contributed by atoms with E-state index in [1.165, 1.54) is 19.3 Å². The normalized spacial score (nSPS) is 12.5. The van der Waals surface area contributed by atoms with Gasteiger partial charge in [0, 0.05) is 12.6 Å². The van der Waals surface area contributed by atoms with Crippen molar-refractivity contribution in [1.29, 1.82) is 0 Å². The Kier molecular flexibility index (Phi) is 7.91. The lowest BCUT2D eigenvalue weighted by atomic mass is 10.0. The maximum atomic E-state index is 6.38. The standard InChI is InChI=1S/C17H28ClNO2/c1-12(2)7-6-8-13(3)19-11-14-9-10-15(20-4)17(21-5)16(14)18/h9-10,12-13,19H,6-8,11H2,1-5H3. The Labute approximate surface area is 134 Å². The summed E-state index contributed by atoms with van der Waals surface area (Å²) in [7, 11) is 3.22. The topological polar surface area (TPSA) is 30.5 Å². The van der Waals surface area contributed by atoms with Gasteiger partial charge in [-0.1, -0.05) is 44.4 Å². The fraction of sp³-hybridized carbons (Fsp3) is 0.647. The summed E-state index contributed by atoms with van der Waals surface area (Å²) in [5.74, 6) is 2.04. The molecule has 0 radical (unpaired) electrons. The molecule has 21 heavy (non-hydrogen) atoms. The molecule has 0 amide bonds. The van der Waals surface area contributed by atoms with Crippen LogP contribution in [0, 0.1) is 5.92 Å². The predicted molar refractivity (Wildman–Crippen MR) is 89.5 cm³/mol. The quantitative estimate of drug-likeness (QED) is 0.719. The second kappa shape index (κ2) is 9.16. The minimum absolute atomic E-state index is 0.480. The Balaban J connectivity index is 2.55. The van der Waals surface area contributed by atoms with Crippen LogP contribution in [0.3, 0.4) is 0 Å². The summed E-state index contributed by atoms with van der Waals surface area (Å²) in [4.78, 5) is 0. The Morgan fingerprint density at radius 1 is 1.10 bits per heavy atom. The van der Waals surface area contributed by atoms with Crippen LogP contribution in [0.2, 0.25) is 5.02 Å². The minimum Gasteiger partial charge on any atom is -0.493 e. The van der Waals surface area contributed by atoms with Crippen LogP contribution in [0.1, 0.15) is 45.6 Å². The maximum absolute atomic E-state index is 6.38. The van der Waals surface area contributed by atoms with E-state index in [1.54, 1.807) is 14.2 Å². The van der Waals surface area contributed by atoms with Gasteiger partial charge in [0.2, 0.25) is 0 Å². The first-order chi connectivity index (χ1) is 9.99. The summed E-state index contributed by atoms with van der Waals surface area (Å²) in [6, 6.07) is 4.36. The second-order valence-corrected chi connectivity index (χ2v) is 6.26. The zero-order valence-corrected chi connectivity index (χ0v) is 14.6. The largest absolute Gasteiger partial charge is 0.493 e. The van der Waals surface area contributed by atoms with E-state index >= 15 is 0 Å². The van der Waals surface area contributed by atoms with Gasteiger partial charge >= 0.3 is 0 Å². The van der Waals surface area contributed by atoms with E-state index in [0.717, 1.165) is 18.0 Å². The Morgan fingerprint density at radius 3 is 2.38 bits per heavy atom. The van der Waals surface area contributed by atoms with E-state index in [1.807, 2.05) is 12.1 Å². The van der Waals surface area contributed by atoms with Crippen molar-refractivity contribution in [3.05, 3.63) is 22.7 Å². The molecule has 0 spiro atoms. The van der Waals surface area contributed by atoms with E-state index in [9.17, 15) is 0 Å². The van der Waals surface area contributed by atoms with Crippen LogP contribution in [-0.4, -0.2) is 20.3 Å². The molecule has 120 valence electrons. The lowest BCUT2D eigenvalue weighted by Gasteiger charge is -2.17. The molecule has 0 heterocycles. The minimum atomic E-state index is 0.480. The molecular formula is C17H28ClNO2. The third-order valence-electron chi connectivity index (χ3n) is 3.62. The van der Waals surface area contributed by atoms with Crippen molar-refractivity contribution < 1.29 is 9.47 Å². The van der Waals surface area contributed by atoms with E-state index in [0.29, 0.717) is 22.6 Å².